The van der Waals surface area contributed by atoms with E-state index in [2.05, 4.69) is 9.97 Å². The van der Waals surface area contributed by atoms with Gasteiger partial charge >= 0.3 is 5.97 Å². The fraction of sp³-hybridized carbons (Fsp3) is 0.154. The second-order valence-electron chi connectivity index (χ2n) is 4.21. The Morgan fingerprint density at radius 2 is 1.85 bits per heavy atom. The molecular weight excluding hydrogens is 281 g/mol. The highest BCUT2D eigenvalue weighted by Gasteiger charge is 2.15. The van der Waals surface area contributed by atoms with Gasteiger partial charge in [-0.25, -0.2) is 19.2 Å². The van der Waals surface area contributed by atoms with Crippen molar-refractivity contribution in [3.63, 3.8) is 0 Å². The summed E-state index contributed by atoms with van der Waals surface area (Å²) in [7, 11) is 0. The van der Waals surface area contributed by atoms with E-state index in [0.29, 0.717) is 5.16 Å². The van der Waals surface area contributed by atoms with Gasteiger partial charge in [0.15, 0.2) is 5.16 Å². The van der Waals surface area contributed by atoms with Crippen molar-refractivity contribution in [2.24, 2.45) is 0 Å². The van der Waals surface area contributed by atoms with Crippen molar-refractivity contribution in [2.45, 2.75) is 23.9 Å². The minimum atomic E-state index is -1.20. The Bertz CT molecular complexity index is 671. The number of nitrogen functional groups attached to an aromatic ring is 1. The zero-order valence-electron chi connectivity index (χ0n) is 10.8. The lowest BCUT2D eigenvalue weighted by molar-refractivity contribution is 0.0697. The maximum atomic E-state index is 13.8. The highest BCUT2D eigenvalue weighted by molar-refractivity contribution is 7.99. The summed E-state index contributed by atoms with van der Waals surface area (Å²) in [4.78, 5) is 19.5. The SMILES string of the molecule is Cc1cc(C)nc(Sc2cc(C(=O)O)c(N)cc2F)n1. The standard InChI is InChI=1S/C13H12FN3O2S/c1-6-3-7(2)17-13(16-6)20-11-4-8(12(18)19)10(15)5-9(11)14/h3-5H,15H2,1-2H3,(H,18,19). The number of hydrogen-bond acceptors (Lipinski definition) is 5. The van der Waals surface area contributed by atoms with Crippen LogP contribution in [0.3, 0.4) is 0 Å². The third-order valence-corrected chi connectivity index (χ3v) is 3.40. The first-order valence-electron chi connectivity index (χ1n) is 5.69. The molecule has 0 saturated carbocycles. The number of carboxylic acid groups (broad SMARTS) is 1. The fourth-order valence-electron chi connectivity index (χ4n) is 1.67. The first kappa shape index (κ1) is 14.3. The van der Waals surface area contributed by atoms with Gasteiger partial charge in [-0.05, 0) is 43.8 Å². The molecule has 0 aliphatic rings. The summed E-state index contributed by atoms with van der Waals surface area (Å²) in [6.07, 6.45) is 0. The van der Waals surface area contributed by atoms with Crippen LogP contribution in [-0.2, 0) is 0 Å². The van der Waals surface area contributed by atoms with Crippen LogP contribution in [0.15, 0.2) is 28.3 Å². The number of anilines is 1. The van der Waals surface area contributed by atoms with Crippen molar-refractivity contribution in [3.8, 4) is 0 Å². The number of nitrogens with zero attached hydrogens (tertiary/aromatic N) is 2. The van der Waals surface area contributed by atoms with E-state index in [1.54, 1.807) is 19.9 Å². The van der Waals surface area contributed by atoms with Gasteiger partial charge in [-0.15, -0.1) is 0 Å². The average molecular weight is 293 g/mol. The van der Waals surface area contributed by atoms with Crippen molar-refractivity contribution >= 4 is 23.4 Å². The molecule has 0 fully saturated rings. The number of aromatic carboxylic acids is 1. The van der Waals surface area contributed by atoms with Crippen molar-refractivity contribution < 1.29 is 14.3 Å². The van der Waals surface area contributed by atoms with E-state index in [0.717, 1.165) is 29.2 Å². The summed E-state index contributed by atoms with van der Waals surface area (Å²) < 4.78 is 13.8. The maximum Gasteiger partial charge on any atom is 0.337 e. The van der Waals surface area contributed by atoms with Gasteiger partial charge in [0.05, 0.1) is 10.5 Å². The molecule has 0 aliphatic heterocycles. The topological polar surface area (TPSA) is 89.1 Å². The number of halogens is 1. The maximum absolute atomic E-state index is 13.8. The summed E-state index contributed by atoms with van der Waals surface area (Å²) in [6.45, 7) is 3.61. The number of carbonyl (C=O) groups is 1. The Morgan fingerprint density at radius 3 is 2.40 bits per heavy atom. The van der Waals surface area contributed by atoms with Crippen LogP contribution in [0, 0.1) is 19.7 Å². The minimum absolute atomic E-state index is 0.110. The second kappa shape index (κ2) is 5.46. The highest BCUT2D eigenvalue weighted by atomic mass is 32.2. The number of carboxylic acids is 1. The molecule has 0 saturated heterocycles. The Balaban J connectivity index is 2.42. The lowest BCUT2D eigenvalue weighted by atomic mass is 10.2. The fourth-order valence-corrected chi connectivity index (χ4v) is 2.58. The predicted octanol–water partition coefficient (Wildman–Crippen LogP) is 2.66. The van der Waals surface area contributed by atoms with Crippen LogP contribution in [0.5, 0.6) is 0 Å². The zero-order chi connectivity index (χ0) is 14.9. The Labute approximate surface area is 119 Å². The van der Waals surface area contributed by atoms with E-state index in [4.69, 9.17) is 10.8 Å². The molecule has 0 amide bonds. The number of aromatic nitrogens is 2. The number of aryl methyl sites for hydroxylation is 2. The molecular formula is C13H12FN3O2S. The van der Waals surface area contributed by atoms with E-state index in [9.17, 15) is 9.18 Å². The summed E-state index contributed by atoms with van der Waals surface area (Å²) in [5, 5.41) is 9.36. The minimum Gasteiger partial charge on any atom is -0.478 e. The van der Waals surface area contributed by atoms with Gasteiger partial charge in [0.1, 0.15) is 5.82 Å². The molecule has 20 heavy (non-hydrogen) atoms. The normalized spacial score (nSPS) is 10.6. The van der Waals surface area contributed by atoms with Crippen LogP contribution in [0.4, 0.5) is 10.1 Å². The molecule has 3 N–H and O–H groups in total. The summed E-state index contributed by atoms with van der Waals surface area (Å²) >= 11 is 0.967. The molecule has 0 spiro atoms. The largest absolute Gasteiger partial charge is 0.478 e. The number of benzene rings is 1. The average Bonchev–Trinajstić information content (AvgIpc) is 2.30. The molecule has 1 aromatic carbocycles. The van der Waals surface area contributed by atoms with Gasteiger partial charge in [-0.1, -0.05) is 0 Å². The highest BCUT2D eigenvalue weighted by Crippen LogP contribution is 2.30. The molecule has 0 radical (unpaired) electrons. The van der Waals surface area contributed by atoms with E-state index in [1.165, 1.54) is 6.07 Å². The Hall–Kier alpha value is -2.15. The van der Waals surface area contributed by atoms with Crippen LogP contribution in [-0.4, -0.2) is 21.0 Å². The monoisotopic (exact) mass is 293 g/mol. The number of hydrogen-bond donors (Lipinski definition) is 2. The molecule has 1 aromatic heterocycles. The number of nitrogens with two attached hydrogens (primary N) is 1. The molecule has 2 aromatic rings. The van der Waals surface area contributed by atoms with Gasteiger partial charge in [0.25, 0.3) is 0 Å². The lowest BCUT2D eigenvalue weighted by Crippen LogP contribution is -2.04. The molecule has 2 rings (SSSR count). The zero-order valence-corrected chi connectivity index (χ0v) is 11.7. The first-order valence-corrected chi connectivity index (χ1v) is 6.51. The third kappa shape index (κ3) is 3.05. The van der Waals surface area contributed by atoms with E-state index in [-0.39, 0.29) is 16.1 Å². The van der Waals surface area contributed by atoms with E-state index < -0.39 is 11.8 Å². The molecule has 5 nitrogen and oxygen atoms in total. The smallest absolute Gasteiger partial charge is 0.337 e. The quantitative estimate of drug-likeness (QED) is 0.668. The lowest BCUT2D eigenvalue weighted by Gasteiger charge is -2.07. The summed E-state index contributed by atoms with van der Waals surface area (Å²) in [5.74, 6) is -1.80. The van der Waals surface area contributed by atoms with Crippen molar-refractivity contribution in [1.82, 2.24) is 9.97 Å². The summed E-state index contributed by atoms with van der Waals surface area (Å²) in [6, 6.07) is 3.99. The Morgan fingerprint density at radius 1 is 1.25 bits per heavy atom. The van der Waals surface area contributed by atoms with Gasteiger partial charge in [0.2, 0.25) is 0 Å². The van der Waals surface area contributed by atoms with Crippen LogP contribution < -0.4 is 5.73 Å². The summed E-state index contributed by atoms with van der Waals surface area (Å²) in [5.41, 5.74) is 6.74. The third-order valence-electron chi connectivity index (χ3n) is 2.50. The van der Waals surface area contributed by atoms with Crippen LogP contribution in [0.2, 0.25) is 0 Å². The van der Waals surface area contributed by atoms with E-state index in [1.807, 2.05) is 0 Å². The second-order valence-corrected chi connectivity index (χ2v) is 5.22. The van der Waals surface area contributed by atoms with E-state index >= 15 is 0 Å². The van der Waals surface area contributed by atoms with Crippen LogP contribution in [0.1, 0.15) is 21.7 Å². The molecule has 0 unspecified atom stereocenters. The molecule has 7 heteroatoms. The van der Waals surface area contributed by atoms with Gasteiger partial charge in [-0.3, -0.25) is 0 Å². The Kier molecular flexibility index (Phi) is 3.89. The van der Waals surface area contributed by atoms with Gasteiger partial charge in [-0.2, -0.15) is 0 Å². The van der Waals surface area contributed by atoms with Crippen molar-refractivity contribution in [2.75, 3.05) is 5.73 Å². The molecule has 0 bridgehead atoms. The molecule has 0 aliphatic carbocycles. The molecule has 104 valence electrons. The first-order chi connectivity index (χ1) is 9.36. The van der Waals surface area contributed by atoms with Gasteiger partial charge in [0, 0.05) is 17.1 Å². The van der Waals surface area contributed by atoms with Crippen LogP contribution >= 0.6 is 11.8 Å². The van der Waals surface area contributed by atoms with Crippen molar-refractivity contribution in [1.29, 1.82) is 0 Å². The molecule has 1 heterocycles. The molecule has 0 atom stereocenters. The van der Waals surface area contributed by atoms with Gasteiger partial charge < -0.3 is 10.8 Å². The van der Waals surface area contributed by atoms with Crippen molar-refractivity contribution in [3.05, 3.63) is 41.0 Å². The van der Waals surface area contributed by atoms with Crippen LogP contribution in [0.25, 0.3) is 0 Å². The predicted molar refractivity (Wildman–Crippen MR) is 73.4 cm³/mol. The number of rotatable bonds is 3.